The SMILES string of the molecule is CC1CCCC(S(=O)(=O)CCOc2ccc(CN)cc2)C1. The summed E-state index contributed by atoms with van der Waals surface area (Å²) in [7, 11) is -3.04. The summed E-state index contributed by atoms with van der Waals surface area (Å²) in [5.41, 5.74) is 6.56. The van der Waals surface area contributed by atoms with Gasteiger partial charge in [-0.1, -0.05) is 31.9 Å². The van der Waals surface area contributed by atoms with Crippen molar-refractivity contribution in [3.63, 3.8) is 0 Å². The van der Waals surface area contributed by atoms with E-state index in [-0.39, 0.29) is 17.6 Å². The summed E-state index contributed by atoms with van der Waals surface area (Å²) in [6, 6.07) is 7.45. The van der Waals surface area contributed by atoms with Crippen LogP contribution < -0.4 is 10.5 Å². The van der Waals surface area contributed by atoms with Gasteiger partial charge in [0.15, 0.2) is 9.84 Å². The molecule has 1 saturated carbocycles. The van der Waals surface area contributed by atoms with Gasteiger partial charge in [0.05, 0.1) is 11.0 Å². The molecule has 0 spiro atoms. The van der Waals surface area contributed by atoms with Crippen molar-refractivity contribution in [3.8, 4) is 5.75 Å². The van der Waals surface area contributed by atoms with Gasteiger partial charge in [0.25, 0.3) is 0 Å². The Morgan fingerprint density at radius 3 is 2.57 bits per heavy atom. The second-order valence-electron chi connectivity index (χ2n) is 5.96. The van der Waals surface area contributed by atoms with E-state index < -0.39 is 9.84 Å². The number of nitrogens with two attached hydrogens (primary N) is 1. The van der Waals surface area contributed by atoms with Crippen LogP contribution in [0.4, 0.5) is 0 Å². The molecule has 4 nitrogen and oxygen atoms in total. The molecular formula is C16H25NO3S. The van der Waals surface area contributed by atoms with Crippen LogP contribution in [0.5, 0.6) is 5.75 Å². The third kappa shape index (κ3) is 4.71. The van der Waals surface area contributed by atoms with Gasteiger partial charge in [0.1, 0.15) is 12.4 Å². The molecule has 0 saturated heterocycles. The largest absolute Gasteiger partial charge is 0.493 e. The van der Waals surface area contributed by atoms with Crippen LogP contribution in [0.1, 0.15) is 38.2 Å². The average molecular weight is 311 g/mol. The summed E-state index contributed by atoms with van der Waals surface area (Å²) >= 11 is 0. The first kappa shape index (κ1) is 16.3. The summed E-state index contributed by atoms with van der Waals surface area (Å²) in [6.45, 7) is 2.85. The minimum Gasteiger partial charge on any atom is -0.493 e. The Labute approximate surface area is 127 Å². The van der Waals surface area contributed by atoms with Gasteiger partial charge in [0.2, 0.25) is 0 Å². The zero-order valence-corrected chi connectivity index (χ0v) is 13.4. The Hall–Kier alpha value is -1.07. The van der Waals surface area contributed by atoms with E-state index in [4.69, 9.17) is 10.5 Å². The number of benzene rings is 1. The highest BCUT2D eigenvalue weighted by atomic mass is 32.2. The molecule has 0 amide bonds. The van der Waals surface area contributed by atoms with Crippen LogP contribution in [0.2, 0.25) is 0 Å². The lowest BCUT2D eigenvalue weighted by Gasteiger charge is -2.26. The predicted octanol–water partition coefficient (Wildman–Crippen LogP) is 2.52. The van der Waals surface area contributed by atoms with Crippen molar-refractivity contribution in [2.75, 3.05) is 12.4 Å². The smallest absolute Gasteiger partial charge is 0.156 e. The fourth-order valence-corrected chi connectivity index (χ4v) is 4.67. The first-order valence-electron chi connectivity index (χ1n) is 7.64. The first-order chi connectivity index (χ1) is 10.0. The lowest BCUT2D eigenvalue weighted by Crippen LogP contribution is -2.31. The molecule has 118 valence electrons. The number of ether oxygens (including phenoxy) is 1. The molecule has 0 heterocycles. The average Bonchev–Trinajstić information content (AvgIpc) is 2.48. The fourth-order valence-electron chi connectivity index (χ4n) is 2.87. The number of rotatable bonds is 6. The second kappa shape index (κ2) is 7.27. The van der Waals surface area contributed by atoms with Crippen molar-refractivity contribution >= 4 is 9.84 Å². The molecule has 1 aliphatic carbocycles. The maximum atomic E-state index is 12.3. The van der Waals surface area contributed by atoms with Crippen molar-refractivity contribution < 1.29 is 13.2 Å². The molecule has 0 radical (unpaired) electrons. The van der Waals surface area contributed by atoms with Gasteiger partial charge < -0.3 is 10.5 Å². The summed E-state index contributed by atoms with van der Waals surface area (Å²) in [6.07, 6.45) is 3.77. The van der Waals surface area contributed by atoms with E-state index in [9.17, 15) is 8.42 Å². The summed E-state index contributed by atoms with van der Waals surface area (Å²) < 4.78 is 30.2. The predicted molar refractivity (Wildman–Crippen MR) is 85.0 cm³/mol. The Kier molecular flexibility index (Phi) is 5.65. The second-order valence-corrected chi connectivity index (χ2v) is 8.36. The standard InChI is InChI=1S/C16H25NO3S/c1-13-3-2-4-16(11-13)21(18,19)10-9-20-15-7-5-14(12-17)6-8-15/h5-8,13,16H,2-4,9-12,17H2,1H3. The van der Waals surface area contributed by atoms with Crippen LogP contribution in [0.15, 0.2) is 24.3 Å². The summed E-state index contributed by atoms with van der Waals surface area (Å²) in [5.74, 6) is 1.31. The summed E-state index contributed by atoms with van der Waals surface area (Å²) in [4.78, 5) is 0. The molecule has 2 N–H and O–H groups in total. The van der Waals surface area contributed by atoms with Crippen LogP contribution >= 0.6 is 0 Å². The lowest BCUT2D eigenvalue weighted by molar-refractivity contribution is 0.337. The van der Waals surface area contributed by atoms with Gasteiger partial charge in [-0.2, -0.15) is 0 Å². The minimum atomic E-state index is -3.04. The molecule has 0 bridgehead atoms. The number of hydrogen-bond donors (Lipinski definition) is 1. The molecule has 1 aromatic rings. The summed E-state index contributed by atoms with van der Waals surface area (Å²) in [5, 5.41) is -0.176. The number of sulfone groups is 1. The van der Waals surface area contributed by atoms with E-state index >= 15 is 0 Å². The molecule has 0 aromatic heterocycles. The first-order valence-corrected chi connectivity index (χ1v) is 9.36. The van der Waals surface area contributed by atoms with E-state index in [1.807, 2.05) is 24.3 Å². The van der Waals surface area contributed by atoms with Crippen molar-refractivity contribution in [1.29, 1.82) is 0 Å². The Bertz CT molecular complexity index is 539. The van der Waals surface area contributed by atoms with E-state index in [2.05, 4.69) is 6.92 Å². The lowest BCUT2D eigenvalue weighted by atomic mass is 9.91. The Balaban J connectivity index is 1.83. The molecule has 2 rings (SSSR count). The maximum Gasteiger partial charge on any atom is 0.156 e. The van der Waals surface area contributed by atoms with Gasteiger partial charge in [-0.05, 0) is 36.5 Å². The molecule has 21 heavy (non-hydrogen) atoms. The van der Waals surface area contributed by atoms with Crippen molar-refractivity contribution in [3.05, 3.63) is 29.8 Å². The van der Waals surface area contributed by atoms with Crippen molar-refractivity contribution in [2.45, 2.75) is 44.4 Å². The van der Waals surface area contributed by atoms with Crippen LogP contribution in [-0.2, 0) is 16.4 Å². The molecule has 1 fully saturated rings. The zero-order chi connectivity index (χ0) is 15.3. The van der Waals surface area contributed by atoms with Crippen molar-refractivity contribution in [2.24, 2.45) is 11.7 Å². The van der Waals surface area contributed by atoms with Gasteiger partial charge in [-0.3, -0.25) is 0 Å². The van der Waals surface area contributed by atoms with Crippen LogP contribution in [0.25, 0.3) is 0 Å². The van der Waals surface area contributed by atoms with E-state index in [1.54, 1.807) is 0 Å². The number of hydrogen-bond acceptors (Lipinski definition) is 4. The highest BCUT2D eigenvalue weighted by Gasteiger charge is 2.29. The molecular weight excluding hydrogens is 286 g/mol. The van der Waals surface area contributed by atoms with Gasteiger partial charge in [-0.25, -0.2) is 8.42 Å². The molecule has 5 heteroatoms. The van der Waals surface area contributed by atoms with E-state index in [1.165, 1.54) is 0 Å². The Morgan fingerprint density at radius 1 is 1.24 bits per heavy atom. The zero-order valence-electron chi connectivity index (χ0n) is 12.6. The molecule has 2 unspecified atom stereocenters. The molecule has 0 aliphatic heterocycles. The van der Waals surface area contributed by atoms with Gasteiger partial charge in [-0.15, -0.1) is 0 Å². The van der Waals surface area contributed by atoms with Crippen LogP contribution in [-0.4, -0.2) is 26.0 Å². The minimum absolute atomic E-state index is 0.100. The molecule has 1 aromatic carbocycles. The van der Waals surface area contributed by atoms with Gasteiger partial charge >= 0.3 is 0 Å². The normalized spacial score (nSPS) is 23.0. The fraction of sp³-hybridized carbons (Fsp3) is 0.625. The van der Waals surface area contributed by atoms with Gasteiger partial charge in [0, 0.05) is 6.54 Å². The Morgan fingerprint density at radius 2 is 1.95 bits per heavy atom. The maximum absolute atomic E-state index is 12.3. The van der Waals surface area contributed by atoms with E-state index in [0.29, 0.717) is 18.2 Å². The van der Waals surface area contributed by atoms with Crippen molar-refractivity contribution in [1.82, 2.24) is 0 Å². The third-order valence-electron chi connectivity index (χ3n) is 4.19. The highest BCUT2D eigenvalue weighted by Crippen LogP contribution is 2.28. The quantitative estimate of drug-likeness (QED) is 0.876. The topological polar surface area (TPSA) is 69.4 Å². The monoisotopic (exact) mass is 311 g/mol. The molecule has 1 aliphatic rings. The van der Waals surface area contributed by atoms with E-state index in [0.717, 1.165) is 31.2 Å². The third-order valence-corrected chi connectivity index (χ3v) is 6.37. The molecule has 2 atom stereocenters. The van der Waals surface area contributed by atoms with Crippen LogP contribution in [0.3, 0.4) is 0 Å². The highest BCUT2D eigenvalue weighted by molar-refractivity contribution is 7.92. The van der Waals surface area contributed by atoms with Crippen LogP contribution in [0, 0.1) is 5.92 Å².